The summed E-state index contributed by atoms with van der Waals surface area (Å²) in [4.78, 5) is 39.1. The van der Waals surface area contributed by atoms with E-state index in [0.717, 1.165) is 10.5 Å². The number of nitrogens with zero attached hydrogens (tertiary/aromatic N) is 4. The molecule has 0 unspecified atom stereocenters. The molecule has 4 rings (SSSR count). The molecule has 10 heteroatoms. The Balaban J connectivity index is 1.50. The van der Waals surface area contributed by atoms with Crippen molar-refractivity contribution in [2.24, 2.45) is 10.3 Å². The van der Waals surface area contributed by atoms with E-state index in [1.54, 1.807) is 36.4 Å². The van der Waals surface area contributed by atoms with Crippen molar-refractivity contribution in [3.63, 3.8) is 0 Å². The van der Waals surface area contributed by atoms with E-state index in [1.807, 2.05) is 6.92 Å². The Kier molecular flexibility index (Phi) is 4.97. The molecule has 0 spiro atoms. The van der Waals surface area contributed by atoms with E-state index in [1.165, 1.54) is 11.1 Å². The molecular weight excluding hydrogens is 417 g/mol. The number of anilines is 2. The van der Waals surface area contributed by atoms with Gasteiger partial charge >= 0.3 is 0 Å². The zero-order chi connectivity index (χ0) is 20.7. The normalized spacial score (nSPS) is 20.4. The van der Waals surface area contributed by atoms with Gasteiger partial charge in [0.1, 0.15) is 6.54 Å². The van der Waals surface area contributed by atoms with Crippen molar-refractivity contribution in [1.82, 2.24) is 5.01 Å². The number of halogens is 2. The monoisotopic (exact) mass is 431 g/mol. The van der Waals surface area contributed by atoms with Crippen LogP contribution < -0.4 is 10.2 Å². The first-order valence-electron chi connectivity index (χ1n) is 8.72. The summed E-state index contributed by atoms with van der Waals surface area (Å²) in [6.07, 6.45) is 0. The Bertz CT molecular complexity index is 1060. The van der Waals surface area contributed by atoms with Crippen LogP contribution in [0.4, 0.5) is 11.4 Å². The lowest BCUT2D eigenvalue weighted by Gasteiger charge is -2.20. The largest absolute Gasteiger partial charge is 0.324 e. The zero-order valence-corrected chi connectivity index (χ0v) is 16.7. The molecule has 0 radical (unpaired) electrons. The second-order valence-corrected chi connectivity index (χ2v) is 7.56. The Morgan fingerprint density at radius 1 is 1.10 bits per heavy atom. The molecule has 3 amide bonds. The van der Waals surface area contributed by atoms with Crippen LogP contribution in [0.5, 0.6) is 0 Å². The van der Waals surface area contributed by atoms with Crippen molar-refractivity contribution in [2.75, 3.05) is 16.8 Å². The molecule has 2 aromatic rings. The summed E-state index contributed by atoms with van der Waals surface area (Å²) in [5.74, 6) is -1.41. The van der Waals surface area contributed by atoms with Gasteiger partial charge in [-0.05, 0) is 42.8 Å². The molecule has 1 fully saturated rings. The number of aryl methyl sites for hydroxylation is 1. The second-order valence-electron chi connectivity index (χ2n) is 6.69. The quantitative estimate of drug-likeness (QED) is 0.751. The molecule has 29 heavy (non-hydrogen) atoms. The van der Waals surface area contributed by atoms with Gasteiger partial charge < -0.3 is 5.32 Å². The molecule has 1 saturated heterocycles. The number of fused-ring (bicyclic) bond motifs is 1. The standard InChI is InChI=1S/C19H15Cl2N5O3/c1-10-5-6-12(21)8-14(10)22-15(27)9-25-17-16(23-24-25)18(28)26(19(17)29)13-4-2-3-11(20)7-13/h2-8,16-17H,9H2,1H3,(H,22,27)/t16-,17-/m1/s1. The van der Waals surface area contributed by atoms with Gasteiger partial charge in [-0.15, -0.1) is 0 Å². The zero-order valence-electron chi connectivity index (χ0n) is 15.2. The van der Waals surface area contributed by atoms with E-state index in [-0.39, 0.29) is 6.54 Å². The van der Waals surface area contributed by atoms with Crippen molar-refractivity contribution in [1.29, 1.82) is 0 Å². The highest BCUT2D eigenvalue weighted by Crippen LogP contribution is 2.32. The van der Waals surface area contributed by atoms with E-state index in [9.17, 15) is 14.4 Å². The molecular formula is C19H15Cl2N5O3. The Labute approximate surface area is 176 Å². The van der Waals surface area contributed by atoms with Crippen molar-refractivity contribution >= 4 is 52.3 Å². The number of imide groups is 1. The van der Waals surface area contributed by atoms with Crippen LogP contribution in [0.1, 0.15) is 5.56 Å². The molecule has 0 aromatic heterocycles. The van der Waals surface area contributed by atoms with Crippen molar-refractivity contribution in [3.8, 4) is 0 Å². The van der Waals surface area contributed by atoms with Crippen molar-refractivity contribution < 1.29 is 14.4 Å². The average Bonchev–Trinajstić information content (AvgIpc) is 3.18. The maximum absolute atomic E-state index is 12.9. The average molecular weight is 432 g/mol. The Hall–Kier alpha value is -2.97. The van der Waals surface area contributed by atoms with Gasteiger partial charge in [-0.3, -0.25) is 19.4 Å². The summed E-state index contributed by atoms with van der Waals surface area (Å²) in [5.41, 5.74) is 1.75. The van der Waals surface area contributed by atoms with Gasteiger partial charge in [0, 0.05) is 15.7 Å². The molecule has 2 atom stereocenters. The van der Waals surface area contributed by atoms with Gasteiger partial charge in [0.25, 0.3) is 11.8 Å². The van der Waals surface area contributed by atoms with Gasteiger partial charge in [0.05, 0.1) is 5.69 Å². The minimum atomic E-state index is -0.984. The minimum Gasteiger partial charge on any atom is -0.324 e. The number of rotatable bonds is 4. The van der Waals surface area contributed by atoms with Crippen molar-refractivity contribution in [2.45, 2.75) is 19.0 Å². The molecule has 2 aliphatic rings. The number of carbonyl (C=O) groups is 3. The first-order valence-corrected chi connectivity index (χ1v) is 9.47. The second kappa shape index (κ2) is 7.46. The first kappa shape index (κ1) is 19.4. The third kappa shape index (κ3) is 3.56. The Morgan fingerprint density at radius 2 is 1.86 bits per heavy atom. The molecule has 148 valence electrons. The molecule has 2 heterocycles. The highest BCUT2D eigenvalue weighted by molar-refractivity contribution is 6.32. The predicted octanol–water partition coefficient (Wildman–Crippen LogP) is 3.23. The van der Waals surface area contributed by atoms with Crippen LogP contribution in [-0.2, 0) is 14.4 Å². The van der Waals surface area contributed by atoms with Crippen LogP contribution in [0.15, 0.2) is 52.8 Å². The fourth-order valence-corrected chi connectivity index (χ4v) is 3.65. The van der Waals surface area contributed by atoms with E-state index in [0.29, 0.717) is 21.4 Å². The van der Waals surface area contributed by atoms with E-state index < -0.39 is 29.8 Å². The lowest BCUT2D eigenvalue weighted by Crippen LogP contribution is -2.43. The number of carbonyl (C=O) groups excluding carboxylic acids is 3. The lowest BCUT2D eigenvalue weighted by atomic mass is 10.1. The van der Waals surface area contributed by atoms with Gasteiger partial charge in [0.15, 0.2) is 12.1 Å². The Morgan fingerprint density at radius 3 is 2.62 bits per heavy atom. The SMILES string of the molecule is Cc1ccc(Cl)cc1NC(=O)CN1N=N[C@H]2C(=O)N(c3cccc(Cl)c3)C(=O)[C@@H]21. The number of nitrogens with one attached hydrogen (secondary N) is 1. The maximum Gasteiger partial charge on any atom is 0.263 e. The van der Waals surface area contributed by atoms with Gasteiger partial charge in [-0.25, -0.2) is 4.90 Å². The van der Waals surface area contributed by atoms with Crippen LogP contribution in [0, 0.1) is 6.92 Å². The summed E-state index contributed by atoms with van der Waals surface area (Å²) >= 11 is 11.9. The van der Waals surface area contributed by atoms with Gasteiger partial charge in [-0.2, -0.15) is 5.11 Å². The first-order chi connectivity index (χ1) is 13.8. The van der Waals surface area contributed by atoms with Gasteiger partial charge in [-0.1, -0.05) is 40.6 Å². The summed E-state index contributed by atoms with van der Waals surface area (Å²) in [6.45, 7) is 1.60. The molecule has 1 N–H and O–H groups in total. The molecule has 0 saturated carbocycles. The number of hydrogen-bond acceptors (Lipinski definition) is 6. The molecule has 0 bridgehead atoms. The number of benzene rings is 2. The molecule has 2 aromatic carbocycles. The summed E-state index contributed by atoms with van der Waals surface area (Å²) < 4.78 is 0. The van der Waals surface area contributed by atoms with Crippen LogP contribution in [0.25, 0.3) is 0 Å². The van der Waals surface area contributed by atoms with Crippen molar-refractivity contribution in [3.05, 3.63) is 58.1 Å². The maximum atomic E-state index is 12.9. The smallest absolute Gasteiger partial charge is 0.263 e. The minimum absolute atomic E-state index is 0.237. The topological polar surface area (TPSA) is 94.4 Å². The molecule has 0 aliphatic carbocycles. The van der Waals surface area contributed by atoms with Gasteiger partial charge in [0.2, 0.25) is 5.91 Å². The van der Waals surface area contributed by atoms with E-state index in [4.69, 9.17) is 23.2 Å². The summed E-state index contributed by atoms with van der Waals surface area (Å²) in [5, 5.41) is 12.6. The number of hydrogen-bond donors (Lipinski definition) is 1. The molecule has 8 nitrogen and oxygen atoms in total. The fraction of sp³-hybridized carbons (Fsp3) is 0.211. The highest BCUT2D eigenvalue weighted by atomic mass is 35.5. The lowest BCUT2D eigenvalue weighted by molar-refractivity contribution is -0.123. The third-order valence-electron chi connectivity index (χ3n) is 4.70. The van der Waals surface area contributed by atoms with E-state index in [2.05, 4.69) is 15.7 Å². The predicted molar refractivity (Wildman–Crippen MR) is 108 cm³/mol. The number of amides is 3. The third-order valence-corrected chi connectivity index (χ3v) is 5.17. The van der Waals surface area contributed by atoms with E-state index >= 15 is 0 Å². The highest BCUT2D eigenvalue weighted by Gasteiger charge is 2.55. The van der Waals surface area contributed by atoms with Crippen LogP contribution in [-0.4, -0.2) is 41.4 Å². The van der Waals surface area contributed by atoms with Crippen LogP contribution in [0.2, 0.25) is 10.0 Å². The summed E-state index contributed by atoms with van der Waals surface area (Å²) in [7, 11) is 0. The van der Waals surface area contributed by atoms with Crippen LogP contribution in [0.3, 0.4) is 0 Å². The van der Waals surface area contributed by atoms with Crippen LogP contribution >= 0.6 is 23.2 Å². The summed E-state index contributed by atoms with van der Waals surface area (Å²) in [6, 6.07) is 9.61. The fourth-order valence-electron chi connectivity index (χ4n) is 3.29. The molecule has 2 aliphatic heterocycles.